The van der Waals surface area contributed by atoms with Crippen molar-refractivity contribution in [1.29, 1.82) is 0 Å². The number of para-hydroxylation sites is 1. The number of fused-ring (bicyclic) bond motifs is 1. The van der Waals surface area contributed by atoms with Crippen molar-refractivity contribution < 1.29 is 18.6 Å². The molecule has 0 saturated carbocycles. The van der Waals surface area contributed by atoms with Crippen molar-refractivity contribution in [1.82, 2.24) is 9.58 Å². The smallest absolute Gasteiger partial charge is 0.410 e. The molecule has 0 N–H and O–H groups in total. The number of ether oxygens (including phenoxy) is 1. The Morgan fingerprint density at radius 3 is 2.30 bits per heavy atom. The second kappa shape index (κ2) is 7.68. The third kappa shape index (κ3) is 4.57. The fourth-order valence-corrected chi connectivity index (χ4v) is 5.06. The minimum absolute atomic E-state index is 0.0315. The van der Waals surface area contributed by atoms with E-state index in [4.69, 9.17) is 9.16 Å². The lowest BCUT2D eigenvalue weighted by molar-refractivity contribution is -0.733. The molecule has 3 rings (SSSR count). The Morgan fingerprint density at radius 2 is 1.73 bits per heavy atom. The molecule has 1 aromatic heterocycles. The highest BCUT2D eigenvalue weighted by atomic mass is 28.4. The summed E-state index contributed by atoms with van der Waals surface area (Å²) in [6, 6.07) is 8.38. The molecule has 2 aromatic rings. The molecule has 7 heteroatoms. The van der Waals surface area contributed by atoms with Crippen LogP contribution < -0.4 is 4.68 Å². The summed E-state index contributed by atoms with van der Waals surface area (Å²) < 4.78 is 16.9. The number of aromatic nitrogens is 2. The van der Waals surface area contributed by atoms with Gasteiger partial charge in [-0.15, -0.1) is 4.68 Å². The molecule has 0 spiro atoms. The van der Waals surface area contributed by atoms with Crippen LogP contribution in [0.15, 0.2) is 30.5 Å². The average molecular weight is 433 g/mol. The van der Waals surface area contributed by atoms with Gasteiger partial charge in [0.05, 0.1) is 30.8 Å². The summed E-state index contributed by atoms with van der Waals surface area (Å²) in [6.07, 6.45) is 1.82. The van der Waals surface area contributed by atoms with E-state index in [-0.39, 0.29) is 23.3 Å². The Morgan fingerprint density at radius 1 is 1.10 bits per heavy atom. The summed E-state index contributed by atoms with van der Waals surface area (Å²) in [6.45, 7) is 18.1. The summed E-state index contributed by atoms with van der Waals surface area (Å²) in [5.74, 6) is 0. The van der Waals surface area contributed by atoms with Crippen molar-refractivity contribution in [3.63, 3.8) is 0 Å². The highest BCUT2D eigenvalue weighted by Crippen LogP contribution is 2.40. The summed E-state index contributed by atoms with van der Waals surface area (Å²) >= 11 is 0. The molecule has 2 atom stereocenters. The van der Waals surface area contributed by atoms with E-state index in [2.05, 4.69) is 80.7 Å². The molecule has 1 saturated heterocycles. The zero-order valence-electron chi connectivity index (χ0n) is 20.0. The number of likely N-dealkylation sites (tertiary alicyclic amines) is 1. The monoisotopic (exact) mass is 432 g/mol. The van der Waals surface area contributed by atoms with Crippen molar-refractivity contribution >= 4 is 25.3 Å². The molecule has 0 aliphatic carbocycles. The van der Waals surface area contributed by atoms with Gasteiger partial charge in [-0.1, -0.05) is 32.9 Å². The van der Waals surface area contributed by atoms with Crippen LogP contribution in [0.25, 0.3) is 10.9 Å². The normalized spacial score (nSPS) is 20.8. The van der Waals surface area contributed by atoms with Gasteiger partial charge in [-0.2, -0.15) is 4.68 Å². The molecule has 30 heavy (non-hydrogen) atoms. The molecule has 1 fully saturated rings. The fourth-order valence-electron chi connectivity index (χ4n) is 3.72. The second-order valence-corrected chi connectivity index (χ2v) is 15.7. The standard InChI is InChI=1S/C23H38N3O3Si/c1-22(2,3)28-21(27)25-15-19(20(16-25)29-30(8,9)23(4,5)6)26-14-17-12-10-11-13-18(17)24(26)7/h10-14,19-20H,15-16H2,1-9H3/q+1/t19-,20+/m1/s1. The van der Waals surface area contributed by atoms with E-state index < -0.39 is 13.9 Å². The van der Waals surface area contributed by atoms with Gasteiger partial charge in [0.25, 0.3) is 0 Å². The van der Waals surface area contributed by atoms with E-state index in [0.29, 0.717) is 13.1 Å². The predicted octanol–water partition coefficient (Wildman–Crippen LogP) is 4.65. The largest absolute Gasteiger partial charge is 0.444 e. The lowest BCUT2D eigenvalue weighted by Crippen LogP contribution is -2.49. The van der Waals surface area contributed by atoms with Crippen LogP contribution in [-0.2, 0) is 16.2 Å². The maximum absolute atomic E-state index is 12.8. The Kier molecular flexibility index (Phi) is 5.84. The Labute approximate surface area is 181 Å². The van der Waals surface area contributed by atoms with Gasteiger partial charge in [-0.3, -0.25) is 0 Å². The predicted molar refractivity (Wildman–Crippen MR) is 122 cm³/mol. The van der Waals surface area contributed by atoms with Crippen LogP contribution in [-0.4, -0.2) is 48.8 Å². The Hall–Kier alpha value is -1.86. The third-order valence-corrected chi connectivity index (χ3v) is 10.9. The number of hydrogen-bond donors (Lipinski definition) is 0. The number of aryl methyl sites for hydroxylation is 1. The molecule has 0 bridgehead atoms. The maximum atomic E-state index is 12.8. The van der Waals surface area contributed by atoms with Crippen molar-refractivity contribution in [2.75, 3.05) is 13.1 Å². The summed E-state index contributed by atoms with van der Waals surface area (Å²) in [5, 5.41) is 1.28. The van der Waals surface area contributed by atoms with Crippen molar-refractivity contribution in [2.45, 2.75) is 77.4 Å². The zero-order chi connectivity index (χ0) is 22.5. The van der Waals surface area contributed by atoms with Gasteiger partial charge in [0.2, 0.25) is 5.52 Å². The second-order valence-electron chi connectivity index (χ2n) is 11.0. The Balaban J connectivity index is 1.96. The van der Waals surface area contributed by atoms with Gasteiger partial charge in [0, 0.05) is 6.07 Å². The average Bonchev–Trinajstić information content (AvgIpc) is 3.14. The number of amides is 1. The first-order valence-electron chi connectivity index (χ1n) is 10.8. The van der Waals surface area contributed by atoms with E-state index in [1.54, 1.807) is 4.90 Å². The van der Waals surface area contributed by atoms with Gasteiger partial charge < -0.3 is 14.1 Å². The van der Waals surface area contributed by atoms with E-state index in [9.17, 15) is 4.79 Å². The fraction of sp³-hybridized carbons (Fsp3) is 0.652. The minimum atomic E-state index is -2.01. The first-order valence-corrected chi connectivity index (χ1v) is 13.7. The molecule has 166 valence electrons. The van der Waals surface area contributed by atoms with Gasteiger partial charge in [0.15, 0.2) is 15.4 Å². The molecule has 1 aromatic carbocycles. The summed E-state index contributed by atoms with van der Waals surface area (Å²) in [7, 11) is 0.0577. The summed E-state index contributed by atoms with van der Waals surface area (Å²) in [5.41, 5.74) is 0.650. The lowest BCUT2D eigenvalue weighted by Gasteiger charge is -2.39. The molecule has 6 nitrogen and oxygen atoms in total. The number of benzene rings is 1. The number of nitrogens with zero attached hydrogens (tertiary/aromatic N) is 3. The van der Waals surface area contributed by atoms with Gasteiger partial charge >= 0.3 is 6.09 Å². The van der Waals surface area contributed by atoms with E-state index in [1.807, 2.05) is 20.8 Å². The quantitative estimate of drug-likeness (QED) is 0.524. The lowest BCUT2D eigenvalue weighted by atomic mass is 10.2. The zero-order valence-corrected chi connectivity index (χ0v) is 21.0. The molecular formula is C23H38N3O3Si+. The van der Waals surface area contributed by atoms with Crippen LogP contribution in [0.1, 0.15) is 47.6 Å². The van der Waals surface area contributed by atoms with Crippen LogP contribution in [0.4, 0.5) is 4.79 Å². The first-order chi connectivity index (χ1) is 13.7. The van der Waals surface area contributed by atoms with Crippen molar-refractivity contribution in [2.24, 2.45) is 7.05 Å². The number of carbonyl (C=O) groups excluding carboxylic acids is 1. The van der Waals surface area contributed by atoms with Gasteiger partial charge in [-0.25, -0.2) is 4.79 Å². The molecule has 0 radical (unpaired) electrons. The molecule has 2 heterocycles. The van der Waals surface area contributed by atoms with Gasteiger partial charge in [-0.05, 0) is 45.0 Å². The summed E-state index contributed by atoms with van der Waals surface area (Å²) in [4.78, 5) is 14.7. The SMILES string of the molecule is C[n+]1c2ccccc2cn1[C@@H]1CN(C(=O)OC(C)(C)C)C[C@@H]1O[Si](C)(C)C(C)(C)C. The van der Waals surface area contributed by atoms with Crippen LogP contribution in [0.5, 0.6) is 0 Å². The molecule has 1 amide bonds. The third-order valence-electron chi connectivity index (χ3n) is 6.38. The van der Waals surface area contributed by atoms with E-state index >= 15 is 0 Å². The highest BCUT2D eigenvalue weighted by Gasteiger charge is 2.47. The van der Waals surface area contributed by atoms with Crippen molar-refractivity contribution in [3.05, 3.63) is 30.5 Å². The van der Waals surface area contributed by atoms with E-state index in [0.717, 1.165) is 0 Å². The highest BCUT2D eigenvalue weighted by molar-refractivity contribution is 6.74. The minimum Gasteiger partial charge on any atom is -0.444 e. The Bertz CT molecular complexity index is 924. The number of rotatable bonds is 3. The molecular weight excluding hydrogens is 394 g/mol. The molecule has 1 aliphatic heterocycles. The van der Waals surface area contributed by atoms with Crippen molar-refractivity contribution in [3.8, 4) is 0 Å². The number of carbonyl (C=O) groups is 1. The first kappa shape index (κ1) is 22.8. The van der Waals surface area contributed by atoms with Crippen LogP contribution in [0.2, 0.25) is 18.1 Å². The van der Waals surface area contributed by atoms with Crippen LogP contribution in [0.3, 0.4) is 0 Å². The topological polar surface area (TPSA) is 47.6 Å². The van der Waals surface area contributed by atoms with Crippen LogP contribution in [0, 0.1) is 0 Å². The maximum Gasteiger partial charge on any atom is 0.410 e. The van der Waals surface area contributed by atoms with Crippen LogP contribution >= 0.6 is 0 Å². The van der Waals surface area contributed by atoms with E-state index in [1.165, 1.54) is 10.9 Å². The number of hydrogen-bond acceptors (Lipinski definition) is 3. The molecule has 1 aliphatic rings. The molecule has 0 unspecified atom stereocenters. The van der Waals surface area contributed by atoms with Gasteiger partial charge in [0.1, 0.15) is 11.6 Å².